The highest BCUT2D eigenvalue weighted by molar-refractivity contribution is 6.06. The van der Waals surface area contributed by atoms with Crippen LogP contribution in [-0.2, 0) is 16.0 Å². The Morgan fingerprint density at radius 2 is 1.81 bits per heavy atom. The Bertz CT molecular complexity index is 1070. The first-order valence-electron chi connectivity index (χ1n) is 8.44. The number of hydrogen-bond donors (Lipinski definition) is 1. The molecule has 27 heavy (non-hydrogen) atoms. The Balaban J connectivity index is 1.91. The molecule has 3 aromatic rings. The highest BCUT2D eigenvalue weighted by Crippen LogP contribution is 2.22. The summed E-state index contributed by atoms with van der Waals surface area (Å²) in [6, 6.07) is 12.0. The molecule has 0 unspecified atom stereocenters. The van der Waals surface area contributed by atoms with Gasteiger partial charge in [-0.3, -0.25) is 9.59 Å². The normalized spacial score (nSPS) is 12.0. The van der Waals surface area contributed by atoms with Crippen molar-refractivity contribution in [2.45, 2.75) is 20.3 Å². The minimum atomic E-state index is -0.985. The summed E-state index contributed by atoms with van der Waals surface area (Å²) in [4.78, 5) is 36.6. The molecule has 0 saturated carbocycles. The van der Waals surface area contributed by atoms with Gasteiger partial charge in [0, 0.05) is 17.1 Å². The van der Waals surface area contributed by atoms with Crippen LogP contribution in [0, 0.1) is 18.7 Å². The molecular formula is C21H18FNO4. The van der Waals surface area contributed by atoms with Crippen molar-refractivity contribution < 1.29 is 18.4 Å². The zero-order valence-corrected chi connectivity index (χ0v) is 14.9. The molecule has 2 aromatic carbocycles. The number of amides is 1. The van der Waals surface area contributed by atoms with Gasteiger partial charge in [-0.25, -0.2) is 9.18 Å². The molecule has 0 spiro atoms. The van der Waals surface area contributed by atoms with E-state index in [4.69, 9.17) is 4.42 Å². The van der Waals surface area contributed by atoms with Crippen LogP contribution in [-0.4, -0.2) is 11.7 Å². The van der Waals surface area contributed by atoms with Crippen molar-refractivity contribution in [2.24, 2.45) is 5.92 Å². The van der Waals surface area contributed by atoms with Gasteiger partial charge in [-0.2, -0.15) is 0 Å². The molecule has 0 aliphatic heterocycles. The van der Waals surface area contributed by atoms with Gasteiger partial charge < -0.3 is 9.73 Å². The maximum atomic E-state index is 13.0. The number of rotatable bonds is 5. The molecule has 0 fully saturated rings. The first-order chi connectivity index (χ1) is 12.8. The summed E-state index contributed by atoms with van der Waals surface area (Å²) >= 11 is 0. The van der Waals surface area contributed by atoms with Crippen molar-refractivity contribution in [3.63, 3.8) is 0 Å². The largest absolute Gasteiger partial charge is 0.423 e. The van der Waals surface area contributed by atoms with E-state index >= 15 is 0 Å². The summed E-state index contributed by atoms with van der Waals surface area (Å²) in [5.41, 5.74) is 1.76. The molecule has 3 rings (SSSR count). The third-order valence-electron chi connectivity index (χ3n) is 4.33. The van der Waals surface area contributed by atoms with Crippen LogP contribution in [0.25, 0.3) is 11.0 Å². The van der Waals surface area contributed by atoms with Crippen LogP contribution in [0.15, 0.2) is 57.7 Å². The second-order valence-electron chi connectivity index (χ2n) is 6.45. The second kappa shape index (κ2) is 7.53. The molecule has 1 N–H and O–H groups in total. The van der Waals surface area contributed by atoms with E-state index in [1.54, 1.807) is 12.1 Å². The summed E-state index contributed by atoms with van der Waals surface area (Å²) in [5.74, 6) is -2.25. The van der Waals surface area contributed by atoms with Crippen molar-refractivity contribution in [2.75, 3.05) is 5.32 Å². The van der Waals surface area contributed by atoms with Gasteiger partial charge in [0.15, 0.2) is 0 Å². The number of hydrogen-bond acceptors (Lipinski definition) is 4. The molecule has 1 atom stereocenters. The number of ketones is 1. The van der Waals surface area contributed by atoms with Gasteiger partial charge in [-0.15, -0.1) is 0 Å². The van der Waals surface area contributed by atoms with Crippen LogP contribution >= 0.6 is 0 Å². The zero-order chi connectivity index (χ0) is 19.6. The smallest absolute Gasteiger partial charge is 0.336 e. The van der Waals surface area contributed by atoms with Crippen molar-refractivity contribution in [3.05, 3.63) is 75.9 Å². The number of halogens is 1. The van der Waals surface area contributed by atoms with Gasteiger partial charge in [0.1, 0.15) is 23.1 Å². The molecule has 138 valence electrons. The summed E-state index contributed by atoms with van der Waals surface area (Å²) in [6.45, 7) is 3.20. The predicted molar refractivity (Wildman–Crippen MR) is 100 cm³/mol. The number of benzene rings is 2. The Hall–Kier alpha value is -3.28. The van der Waals surface area contributed by atoms with Crippen LogP contribution in [0.4, 0.5) is 10.1 Å². The van der Waals surface area contributed by atoms with E-state index in [2.05, 4.69) is 5.32 Å². The number of carbonyl (C=O) groups is 2. The van der Waals surface area contributed by atoms with Gasteiger partial charge in [-0.05, 0) is 61.7 Å². The van der Waals surface area contributed by atoms with E-state index in [0.717, 1.165) is 5.56 Å². The number of anilines is 1. The average molecular weight is 367 g/mol. The van der Waals surface area contributed by atoms with Crippen LogP contribution in [0.5, 0.6) is 0 Å². The van der Waals surface area contributed by atoms with Crippen LogP contribution in [0.3, 0.4) is 0 Å². The quantitative estimate of drug-likeness (QED) is 0.552. The first kappa shape index (κ1) is 18.5. The Morgan fingerprint density at radius 3 is 2.48 bits per heavy atom. The maximum absolute atomic E-state index is 13.0. The summed E-state index contributed by atoms with van der Waals surface area (Å²) in [6.07, 6.45) is 0.0630. The van der Waals surface area contributed by atoms with E-state index < -0.39 is 23.3 Å². The van der Waals surface area contributed by atoms with Gasteiger partial charge in [0.05, 0.1) is 0 Å². The Morgan fingerprint density at radius 1 is 1.11 bits per heavy atom. The van der Waals surface area contributed by atoms with Crippen LogP contribution in [0.2, 0.25) is 0 Å². The molecule has 6 heteroatoms. The number of fused-ring (bicyclic) bond motifs is 1. The third kappa shape index (κ3) is 4.28. The molecule has 1 amide bonds. The fraction of sp³-hybridized carbons (Fsp3) is 0.190. The van der Waals surface area contributed by atoms with E-state index in [-0.39, 0.29) is 12.2 Å². The zero-order valence-electron chi connectivity index (χ0n) is 14.9. The molecule has 0 bridgehead atoms. The van der Waals surface area contributed by atoms with Crippen LogP contribution in [0.1, 0.15) is 18.1 Å². The Labute approximate surface area is 154 Å². The lowest BCUT2D eigenvalue weighted by Gasteiger charge is -2.15. The highest BCUT2D eigenvalue weighted by Gasteiger charge is 2.25. The minimum Gasteiger partial charge on any atom is -0.423 e. The third-order valence-corrected chi connectivity index (χ3v) is 4.33. The molecule has 0 aliphatic rings. The summed E-state index contributed by atoms with van der Waals surface area (Å²) in [7, 11) is 0. The van der Waals surface area contributed by atoms with Crippen molar-refractivity contribution >= 4 is 28.3 Å². The van der Waals surface area contributed by atoms with Crippen molar-refractivity contribution in [1.82, 2.24) is 0 Å². The van der Waals surface area contributed by atoms with Gasteiger partial charge in [0.2, 0.25) is 5.91 Å². The van der Waals surface area contributed by atoms with E-state index in [1.165, 1.54) is 37.3 Å². The molecule has 1 heterocycles. The summed E-state index contributed by atoms with van der Waals surface area (Å²) < 4.78 is 18.2. The average Bonchev–Trinajstić information content (AvgIpc) is 2.60. The van der Waals surface area contributed by atoms with E-state index in [9.17, 15) is 18.8 Å². The van der Waals surface area contributed by atoms with Crippen molar-refractivity contribution in [3.8, 4) is 0 Å². The van der Waals surface area contributed by atoms with E-state index in [1.807, 2.05) is 13.0 Å². The van der Waals surface area contributed by atoms with Crippen molar-refractivity contribution in [1.29, 1.82) is 0 Å². The lowest BCUT2D eigenvalue weighted by atomic mass is 9.93. The molecule has 0 saturated heterocycles. The lowest BCUT2D eigenvalue weighted by Crippen LogP contribution is -2.30. The van der Waals surface area contributed by atoms with Gasteiger partial charge in [0.25, 0.3) is 0 Å². The van der Waals surface area contributed by atoms with E-state index in [0.29, 0.717) is 22.2 Å². The monoisotopic (exact) mass is 367 g/mol. The Kier molecular flexibility index (Phi) is 5.16. The standard InChI is InChI=1S/C21H18FNO4/c1-12-3-8-17-14(11-20(25)27-19(17)9-12)10-18(13(2)24)21(26)23-16-6-4-15(22)5-7-16/h3-9,11,18H,10H2,1-2H3,(H,23,26)/t18-/m1/s1. The topological polar surface area (TPSA) is 76.4 Å². The number of nitrogens with one attached hydrogen (secondary N) is 1. The first-order valence-corrected chi connectivity index (χ1v) is 8.44. The maximum Gasteiger partial charge on any atom is 0.336 e. The fourth-order valence-corrected chi connectivity index (χ4v) is 2.91. The molecule has 5 nitrogen and oxygen atoms in total. The summed E-state index contributed by atoms with van der Waals surface area (Å²) in [5, 5.41) is 3.30. The predicted octanol–water partition coefficient (Wildman–Crippen LogP) is 3.63. The second-order valence-corrected chi connectivity index (χ2v) is 6.45. The van der Waals surface area contributed by atoms with Gasteiger partial charge >= 0.3 is 5.63 Å². The molecule has 0 radical (unpaired) electrons. The SMILES string of the molecule is CC(=O)[C@@H](Cc1cc(=O)oc2cc(C)ccc12)C(=O)Nc1ccc(F)cc1. The fourth-order valence-electron chi connectivity index (χ4n) is 2.91. The number of carbonyl (C=O) groups excluding carboxylic acids is 2. The van der Waals surface area contributed by atoms with Crippen LogP contribution < -0.4 is 10.9 Å². The molecule has 1 aromatic heterocycles. The highest BCUT2D eigenvalue weighted by atomic mass is 19.1. The molecular weight excluding hydrogens is 349 g/mol. The molecule has 0 aliphatic carbocycles. The minimum absolute atomic E-state index is 0.0630. The number of Topliss-reactive ketones (excluding diaryl/α,β-unsaturated/α-hetero) is 1. The number of aryl methyl sites for hydroxylation is 1. The lowest BCUT2D eigenvalue weighted by molar-refractivity contribution is -0.129. The van der Waals surface area contributed by atoms with Gasteiger partial charge in [-0.1, -0.05) is 12.1 Å².